The molecule has 1 aromatic carbocycles. The molecule has 2 heterocycles. The molecule has 1 N–H and O–H groups in total. The van der Waals surface area contributed by atoms with E-state index in [-0.39, 0.29) is 30.7 Å². The zero-order valence-electron chi connectivity index (χ0n) is 16.9. The van der Waals surface area contributed by atoms with Crippen LogP contribution in [0.4, 0.5) is 20.6 Å². The molecule has 2 amide bonds. The summed E-state index contributed by atoms with van der Waals surface area (Å²) < 4.78 is 20.1. The molecule has 2 saturated heterocycles. The molecule has 0 radical (unpaired) electrons. The smallest absolute Gasteiger partial charge is 0.414 e. The second-order valence-corrected chi connectivity index (χ2v) is 7.66. The average Bonchev–Trinajstić information content (AvgIpc) is 3.08. The van der Waals surface area contributed by atoms with Crippen molar-refractivity contribution in [3.05, 3.63) is 24.0 Å². The van der Waals surface area contributed by atoms with Gasteiger partial charge in [-0.2, -0.15) is 5.26 Å². The maximum Gasteiger partial charge on any atom is 0.414 e. The van der Waals surface area contributed by atoms with E-state index in [1.807, 2.05) is 11.8 Å². The minimum Gasteiger partial charge on any atom is -0.442 e. The van der Waals surface area contributed by atoms with Gasteiger partial charge in [0.05, 0.1) is 30.5 Å². The van der Waals surface area contributed by atoms with Crippen LogP contribution in [0.25, 0.3) is 0 Å². The lowest BCUT2D eigenvalue weighted by Crippen LogP contribution is -2.36. The Morgan fingerprint density at radius 2 is 2.14 bits per heavy atom. The fraction of sp³-hybridized carbons (Fsp3) is 0.571. The summed E-state index contributed by atoms with van der Waals surface area (Å²) in [4.78, 5) is 26.5. The quantitative estimate of drug-likeness (QED) is 0.790. The first-order chi connectivity index (χ1) is 13.9. The number of carbonyl (C=O) groups is 2. The van der Waals surface area contributed by atoms with Crippen LogP contribution in [-0.4, -0.2) is 44.3 Å². The van der Waals surface area contributed by atoms with Gasteiger partial charge in [0, 0.05) is 25.9 Å². The molecule has 2 aliphatic heterocycles. The maximum absolute atomic E-state index is 14.8. The normalized spacial score (nSPS) is 20.9. The summed E-state index contributed by atoms with van der Waals surface area (Å²) >= 11 is 0. The van der Waals surface area contributed by atoms with Crippen molar-refractivity contribution in [3.63, 3.8) is 0 Å². The number of hydrogen-bond acceptors (Lipinski definition) is 5. The molecule has 0 saturated carbocycles. The number of nitriles is 1. The third-order valence-electron chi connectivity index (χ3n) is 5.75. The fourth-order valence-electron chi connectivity index (χ4n) is 4.09. The maximum atomic E-state index is 14.8. The van der Waals surface area contributed by atoms with E-state index in [1.54, 1.807) is 12.1 Å². The lowest BCUT2D eigenvalue weighted by molar-refractivity contribution is -0.119. The van der Waals surface area contributed by atoms with Crippen molar-refractivity contribution in [1.82, 2.24) is 5.32 Å². The Labute approximate surface area is 170 Å². The van der Waals surface area contributed by atoms with Gasteiger partial charge >= 0.3 is 6.09 Å². The van der Waals surface area contributed by atoms with E-state index >= 15 is 0 Å². The Bertz CT molecular complexity index is 802. The standard InChI is InChI=1S/C21H27FN4O3/c1-3-15(11-23)16-6-8-25(9-7-16)20-5-4-17(10-19(20)22)26-13-18(29-21(26)28)12-24-14(2)27/h4-5,10,15-16,18H,3,6-9,12-13H2,1-2H3,(H,24,27). The van der Waals surface area contributed by atoms with Crippen LogP contribution in [0.15, 0.2) is 18.2 Å². The van der Waals surface area contributed by atoms with Crippen molar-refractivity contribution in [1.29, 1.82) is 5.26 Å². The third kappa shape index (κ3) is 4.78. The number of nitrogens with one attached hydrogen (secondary N) is 1. The van der Waals surface area contributed by atoms with E-state index < -0.39 is 12.2 Å². The van der Waals surface area contributed by atoms with Crippen molar-refractivity contribution in [2.24, 2.45) is 11.8 Å². The molecule has 0 spiro atoms. The van der Waals surface area contributed by atoms with Crippen LogP contribution in [0.2, 0.25) is 0 Å². The van der Waals surface area contributed by atoms with Gasteiger partial charge in [-0.3, -0.25) is 9.69 Å². The van der Waals surface area contributed by atoms with Gasteiger partial charge in [0.15, 0.2) is 0 Å². The number of carbonyl (C=O) groups excluding carboxylic acids is 2. The van der Waals surface area contributed by atoms with Gasteiger partial charge in [0.25, 0.3) is 0 Å². The summed E-state index contributed by atoms with van der Waals surface area (Å²) in [5, 5.41) is 11.9. The fourth-order valence-corrected chi connectivity index (χ4v) is 4.09. The predicted octanol–water partition coefficient (Wildman–Crippen LogP) is 3.05. The van der Waals surface area contributed by atoms with Crippen molar-refractivity contribution in [2.75, 3.05) is 36.0 Å². The number of nitrogens with zero attached hydrogens (tertiary/aromatic N) is 3. The molecule has 0 aliphatic carbocycles. The number of benzene rings is 1. The van der Waals surface area contributed by atoms with Gasteiger partial charge in [-0.1, -0.05) is 6.92 Å². The highest BCUT2D eigenvalue weighted by Crippen LogP contribution is 2.32. The van der Waals surface area contributed by atoms with Gasteiger partial charge in [0.1, 0.15) is 11.9 Å². The first kappa shape index (κ1) is 20.9. The molecule has 1 aromatic rings. The van der Waals surface area contributed by atoms with Crippen LogP contribution >= 0.6 is 0 Å². The molecule has 0 aromatic heterocycles. The second-order valence-electron chi connectivity index (χ2n) is 7.66. The van der Waals surface area contributed by atoms with Crippen LogP contribution < -0.4 is 15.1 Å². The minimum atomic E-state index is -0.546. The second kappa shape index (κ2) is 9.12. The SMILES string of the molecule is CCC(C#N)C1CCN(c2ccc(N3CC(CNC(C)=O)OC3=O)cc2F)CC1. The van der Waals surface area contributed by atoms with Crippen LogP contribution in [0, 0.1) is 29.0 Å². The van der Waals surface area contributed by atoms with Gasteiger partial charge in [-0.15, -0.1) is 0 Å². The first-order valence-electron chi connectivity index (χ1n) is 10.1. The van der Waals surface area contributed by atoms with Gasteiger partial charge < -0.3 is 15.0 Å². The van der Waals surface area contributed by atoms with Crippen LogP contribution in [-0.2, 0) is 9.53 Å². The molecule has 7 nitrogen and oxygen atoms in total. The van der Waals surface area contributed by atoms with Crippen LogP contribution in [0.3, 0.4) is 0 Å². The van der Waals surface area contributed by atoms with E-state index in [1.165, 1.54) is 17.9 Å². The Balaban J connectivity index is 1.63. The molecule has 2 unspecified atom stereocenters. The zero-order chi connectivity index (χ0) is 21.0. The highest BCUT2D eigenvalue weighted by atomic mass is 19.1. The van der Waals surface area contributed by atoms with E-state index in [9.17, 15) is 19.2 Å². The van der Waals surface area contributed by atoms with Crippen molar-refractivity contribution in [3.8, 4) is 6.07 Å². The zero-order valence-corrected chi connectivity index (χ0v) is 16.9. The summed E-state index contributed by atoms with van der Waals surface area (Å²) in [7, 11) is 0. The number of piperidine rings is 1. The molecule has 29 heavy (non-hydrogen) atoms. The van der Waals surface area contributed by atoms with Crippen LogP contribution in [0.5, 0.6) is 0 Å². The van der Waals surface area contributed by atoms with Gasteiger partial charge in [-0.05, 0) is 43.4 Å². The van der Waals surface area contributed by atoms with Gasteiger partial charge in [0.2, 0.25) is 5.91 Å². The topological polar surface area (TPSA) is 85.7 Å². The molecule has 8 heteroatoms. The Kier molecular flexibility index (Phi) is 6.57. The lowest BCUT2D eigenvalue weighted by Gasteiger charge is -2.35. The van der Waals surface area contributed by atoms with Crippen molar-refractivity contribution >= 4 is 23.4 Å². The number of halogens is 1. The Hall–Kier alpha value is -2.82. The molecule has 2 aliphatic rings. The largest absolute Gasteiger partial charge is 0.442 e. The monoisotopic (exact) mass is 402 g/mol. The summed E-state index contributed by atoms with van der Waals surface area (Å²) in [5.41, 5.74) is 0.951. The number of cyclic esters (lactones) is 1. The Morgan fingerprint density at radius 3 is 2.72 bits per heavy atom. The lowest BCUT2D eigenvalue weighted by atomic mass is 9.83. The number of anilines is 2. The molecule has 2 fully saturated rings. The highest BCUT2D eigenvalue weighted by molar-refractivity contribution is 5.90. The van der Waals surface area contributed by atoms with E-state index in [2.05, 4.69) is 11.4 Å². The summed E-state index contributed by atoms with van der Waals surface area (Å²) in [6, 6.07) is 7.15. The first-order valence-corrected chi connectivity index (χ1v) is 10.1. The Morgan fingerprint density at radius 1 is 1.41 bits per heavy atom. The average molecular weight is 402 g/mol. The van der Waals surface area contributed by atoms with E-state index in [0.717, 1.165) is 19.3 Å². The molecule has 156 valence electrons. The number of rotatable bonds is 6. The van der Waals surface area contributed by atoms with Crippen molar-refractivity contribution in [2.45, 2.75) is 39.2 Å². The number of amides is 2. The van der Waals surface area contributed by atoms with Crippen molar-refractivity contribution < 1.29 is 18.7 Å². The molecule has 0 bridgehead atoms. The number of hydrogen-bond donors (Lipinski definition) is 1. The molecular weight excluding hydrogens is 375 g/mol. The highest BCUT2D eigenvalue weighted by Gasteiger charge is 2.33. The number of ether oxygens (including phenoxy) is 1. The summed E-state index contributed by atoms with van der Waals surface area (Å²) in [6.07, 6.45) is 1.59. The third-order valence-corrected chi connectivity index (χ3v) is 5.75. The summed E-state index contributed by atoms with van der Waals surface area (Å²) in [6.45, 7) is 5.34. The summed E-state index contributed by atoms with van der Waals surface area (Å²) in [5.74, 6) is -0.149. The molecule has 2 atom stereocenters. The van der Waals surface area contributed by atoms with E-state index in [4.69, 9.17) is 4.74 Å². The van der Waals surface area contributed by atoms with Gasteiger partial charge in [-0.25, -0.2) is 9.18 Å². The molecular formula is C21H27FN4O3. The molecule has 3 rings (SSSR count). The van der Waals surface area contributed by atoms with E-state index in [0.29, 0.717) is 30.4 Å². The predicted molar refractivity (Wildman–Crippen MR) is 107 cm³/mol. The minimum absolute atomic E-state index is 0.0657. The van der Waals surface area contributed by atoms with Crippen LogP contribution in [0.1, 0.15) is 33.1 Å².